The van der Waals surface area contributed by atoms with Crippen molar-refractivity contribution in [1.82, 2.24) is 10.2 Å². The third-order valence-corrected chi connectivity index (χ3v) is 3.68. The third-order valence-electron chi connectivity index (χ3n) is 3.68. The Kier molecular flexibility index (Phi) is 4.70. The Balaban J connectivity index is 2.50. The van der Waals surface area contributed by atoms with Gasteiger partial charge in [-0.05, 0) is 31.5 Å². The zero-order chi connectivity index (χ0) is 16.3. The van der Waals surface area contributed by atoms with Gasteiger partial charge in [-0.25, -0.2) is 9.59 Å². The lowest BCUT2D eigenvalue weighted by atomic mass is 9.95. The fourth-order valence-corrected chi connectivity index (χ4v) is 2.38. The van der Waals surface area contributed by atoms with Gasteiger partial charge in [0.05, 0.1) is 25.3 Å². The van der Waals surface area contributed by atoms with Crippen LogP contribution in [0.2, 0.25) is 0 Å². The van der Waals surface area contributed by atoms with Crippen molar-refractivity contribution >= 4 is 12.0 Å². The maximum atomic E-state index is 12.3. The van der Waals surface area contributed by atoms with Gasteiger partial charge in [0.1, 0.15) is 5.75 Å². The highest BCUT2D eigenvalue weighted by atomic mass is 16.5. The van der Waals surface area contributed by atoms with E-state index in [-0.39, 0.29) is 12.6 Å². The number of hydrogen-bond donors (Lipinski definition) is 1. The normalized spacial score (nSPS) is 18.1. The summed E-state index contributed by atoms with van der Waals surface area (Å²) >= 11 is 0. The van der Waals surface area contributed by atoms with Gasteiger partial charge in [-0.1, -0.05) is 12.1 Å². The first-order valence-electron chi connectivity index (χ1n) is 7.05. The molecule has 22 heavy (non-hydrogen) atoms. The number of amides is 2. The average molecular weight is 304 g/mol. The van der Waals surface area contributed by atoms with Crippen LogP contribution in [0.1, 0.15) is 25.5 Å². The first kappa shape index (κ1) is 15.9. The molecule has 0 saturated heterocycles. The summed E-state index contributed by atoms with van der Waals surface area (Å²) < 4.78 is 10.3. The first-order chi connectivity index (χ1) is 10.5. The summed E-state index contributed by atoms with van der Waals surface area (Å²) in [6.07, 6.45) is 0. The maximum absolute atomic E-state index is 12.3. The van der Waals surface area contributed by atoms with Gasteiger partial charge in [-0.2, -0.15) is 0 Å². The number of carbonyl (C=O) groups excluding carboxylic acids is 2. The average Bonchev–Trinajstić information content (AvgIpc) is 2.52. The summed E-state index contributed by atoms with van der Waals surface area (Å²) in [5.74, 6) is 0.228. The molecule has 1 aromatic rings. The molecule has 1 heterocycles. The fourth-order valence-electron chi connectivity index (χ4n) is 2.38. The number of methoxy groups -OCH3 is 1. The molecule has 6 nitrogen and oxygen atoms in total. The van der Waals surface area contributed by atoms with Crippen LogP contribution in [-0.4, -0.2) is 37.7 Å². The molecule has 1 aliphatic rings. The second kappa shape index (κ2) is 6.51. The van der Waals surface area contributed by atoms with E-state index < -0.39 is 12.0 Å². The van der Waals surface area contributed by atoms with E-state index in [0.717, 1.165) is 5.56 Å². The van der Waals surface area contributed by atoms with Crippen LogP contribution in [0, 0.1) is 0 Å². The summed E-state index contributed by atoms with van der Waals surface area (Å²) in [5.41, 5.74) is 1.77. The highest BCUT2D eigenvalue weighted by Gasteiger charge is 2.34. The minimum Gasteiger partial charge on any atom is -0.497 e. The first-order valence-corrected chi connectivity index (χ1v) is 7.05. The number of urea groups is 1. The molecular weight excluding hydrogens is 284 g/mol. The van der Waals surface area contributed by atoms with Crippen molar-refractivity contribution in [1.29, 1.82) is 0 Å². The number of hydrogen-bond acceptors (Lipinski definition) is 4. The zero-order valence-corrected chi connectivity index (χ0v) is 13.2. The molecule has 1 aliphatic heterocycles. The minimum absolute atomic E-state index is 0.265. The predicted octanol–water partition coefficient (Wildman–Crippen LogP) is 2.23. The molecule has 1 N–H and O–H groups in total. The molecule has 1 aromatic carbocycles. The number of carbonyl (C=O) groups is 2. The van der Waals surface area contributed by atoms with Gasteiger partial charge >= 0.3 is 12.0 Å². The van der Waals surface area contributed by atoms with Gasteiger partial charge in [-0.3, -0.25) is 0 Å². The Morgan fingerprint density at radius 2 is 2.14 bits per heavy atom. The second-order valence-electron chi connectivity index (χ2n) is 4.94. The Morgan fingerprint density at radius 1 is 1.41 bits per heavy atom. The standard InChI is InChI=1S/C16H20N2O4/c1-5-22-15(19)13-10(2)18(3)16(20)17-14(13)11-7-6-8-12(9-11)21-4/h6-9,14H,5H2,1-4H3,(H,17,20). The summed E-state index contributed by atoms with van der Waals surface area (Å²) in [5, 5.41) is 2.83. The van der Waals surface area contributed by atoms with Gasteiger partial charge in [0.2, 0.25) is 0 Å². The monoisotopic (exact) mass is 304 g/mol. The summed E-state index contributed by atoms with van der Waals surface area (Å²) in [7, 11) is 3.19. The van der Waals surface area contributed by atoms with E-state index in [4.69, 9.17) is 9.47 Å². The molecule has 0 bridgehead atoms. The summed E-state index contributed by atoms with van der Waals surface area (Å²) in [6.45, 7) is 3.76. The molecule has 118 valence electrons. The van der Waals surface area contributed by atoms with E-state index >= 15 is 0 Å². The molecule has 2 rings (SSSR count). The third kappa shape index (κ3) is 2.90. The number of benzene rings is 1. The molecule has 0 radical (unpaired) electrons. The highest BCUT2D eigenvalue weighted by Crippen LogP contribution is 2.32. The van der Waals surface area contributed by atoms with Crippen LogP contribution in [0.4, 0.5) is 4.79 Å². The van der Waals surface area contributed by atoms with Gasteiger partial charge in [-0.15, -0.1) is 0 Å². The van der Waals surface area contributed by atoms with Crippen molar-refractivity contribution in [2.24, 2.45) is 0 Å². The lowest BCUT2D eigenvalue weighted by Crippen LogP contribution is -2.46. The largest absolute Gasteiger partial charge is 0.497 e. The van der Waals surface area contributed by atoms with Crippen molar-refractivity contribution in [2.45, 2.75) is 19.9 Å². The number of ether oxygens (including phenoxy) is 2. The predicted molar refractivity (Wildman–Crippen MR) is 81.4 cm³/mol. The van der Waals surface area contributed by atoms with Crippen molar-refractivity contribution in [3.8, 4) is 5.75 Å². The molecule has 0 saturated carbocycles. The van der Waals surface area contributed by atoms with E-state index in [9.17, 15) is 9.59 Å². The van der Waals surface area contributed by atoms with Gasteiger partial charge in [0.15, 0.2) is 0 Å². The molecule has 6 heteroatoms. The van der Waals surface area contributed by atoms with E-state index in [1.807, 2.05) is 12.1 Å². The van der Waals surface area contributed by atoms with Gasteiger partial charge in [0, 0.05) is 12.7 Å². The zero-order valence-electron chi connectivity index (χ0n) is 13.2. The van der Waals surface area contributed by atoms with Crippen LogP contribution in [0.15, 0.2) is 35.5 Å². The molecule has 1 unspecified atom stereocenters. The topological polar surface area (TPSA) is 67.9 Å². The van der Waals surface area contributed by atoms with Crippen molar-refractivity contribution < 1.29 is 19.1 Å². The van der Waals surface area contributed by atoms with Crippen LogP contribution >= 0.6 is 0 Å². The number of esters is 1. The lowest BCUT2D eigenvalue weighted by molar-refractivity contribution is -0.139. The van der Waals surface area contributed by atoms with Crippen LogP contribution in [0.5, 0.6) is 5.75 Å². The van der Waals surface area contributed by atoms with E-state index in [1.165, 1.54) is 4.90 Å². The quantitative estimate of drug-likeness (QED) is 0.866. The maximum Gasteiger partial charge on any atom is 0.338 e. The molecule has 2 amide bonds. The molecule has 1 atom stereocenters. The lowest BCUT2D eigenvalue weighted by Gasteiger charge is -2.33. The Bertz CT molecular complexity index is 624. The SMILES string of the molecule is CCOC(=O)C1=C(C)N(C)C(=O)NC1c1cccc(OC)c1. The van der Waals surface area contributed by atoms with Gasteiger partial charge in [0.25, 0.3) is 0 Å². The summed E-state index contributed by atoms with van der Waals surface area (Å²) in [6, 6.07) is 6.43. The van der Waals surface area contributed by atoms with Crippen molar-refractivity contribution in [2.75, 3.05) is 20.8 Å². The van der Waals surface area contributed by atoms with Crippen LogP contribution in [-0.2, 0) is 9.53 Å². The second-order valence-corrected chi connectivity index (χ2v) is 4.94. The Morgan fingerprint density at radius 3 is 2.77 bits per heavy atom. The number of rotatable bonds is 4. The summed E-state index contributed by atoms with van der Waals surface area (Å²) in [4.78, 5) is 25.8. The van der Waals surface area contributed by atoms with E-state index in [1.54, 1.807) is 40.1 Å². The minimum atomic E-state index is -0.558. The van der Waals surface area contributed by atoms with Crippen LogP contribution < -0.4 is 10.1 Å². The van der Waals surface area contributed by atoms with Crippen molar-refractivity contribution in [3.63, 3.8) is 0 Å². The molecule has 0 spiro atoms. The van der Waals surface area contributed by atoms with Crippen molar-refractivity contribution in [3.05, 3.63) is 41.1 Å². The van der Waals surface area contributed by atoms with E-state index in [0.29, 0.717) is 17.0 Å². The van der Waals surface area contributed by atoms with Crippen LogP contribution in [0.25, 0.3) is 0 Å². The molecular formula is C16H20N2O4. The molecule has 0 fully saturated rings. The molecule has 0 aliphatic carbocycles. The Hall–Kier alpha value is -2.50. The Labute approximate surface area is 129 Å². The fraction of sp³-hybridized carbons (Fsp3) is 0.375. The number of nitrogens with zero attached hydrogens (tertiary/aromatic N) is 1. The molecule has 0 aromatic heterocycles. The number of allylic oxidation sites excluding steroid dienone is 1. The smallest absolute Gasteiger partial charge is 0.338 e. The highest BCUT2D eigenvalue weighted by molar-refractivity contribution is 5.95. The van der Waals surface area contributed by atoms with E-state index in [2.05, 4.69) is 5.32 Å². The van der Waals surface area contributed by atoms with Crippen LogP contribution in [0.3, 0.4) is 0 Å². The van der Waals surface area contributed by atoms with Gasteiger partial charge < -0.3 is 19.7 Å². The number of nitrogens with one attached hydrogen (secondary N) is 1.